The van der Waals surface area contributed by atoms with Gasteiger partial charge in [0.25, 0.3) is 0 Å². The maximum Gasteiger partial charge on any atom is 0.306 e. The molecule has 6 fully saturated rings. The van der Waals surface area contributed by atoms with Gasteiger partial charge in [0.2, 0.25) is 0 Å². The minimum Gasteiger partial charge on any atom is -0.481 e. The summed E-state index contributed by atoms with van der Waals surface area (Å²) >= 11 is 0. The van der Waals surface area contributed by atoms with Crippen LogP contribution < -0.4 is 0 Å². The summed E-state index contributed by atoms with van der Waals surface area (Å²) in [5.41, 5.74) is 5.13. The van der Waals surface area contributed by atoms with E-state index < -0.39 is 11.9 Å². The van der Waals surface area contributed by atoms with Crippen molar-refractivity contribution >= 4 is 11.9 Å². The van der Waals surface area contributed by atoms with Crippen LogP contribution in [0.15, 0.2) is 23.3 Å². The molecule has 0 saturated heterocycles. The van der Waals surface area contributed by atoms with Crippen LogP contribution in [0, 0.1) is 105 Å². The molecular formula is C90H162O5. The molecule has 0 aromatic heterocycles. The topological polar surface area (TPSA) is 94.8 Å². The Balaban J connectivity index is 0.000000251. The van der Waals surface area contributed by atoms with Crippen LogP contribution in [-0.2, 0) is 9.59 Å². The molecule has 3 N–H and O–H groups in total. The van der Waals surface area contributed by atoms with Gasteiger partial charge in [0, 0.05) is 6.42 Å². The van der Waals surface area contributed by atoms with E-state index in [1.807, 2.05) is 0 Å². The highest BCUT2D eigenvalue weighted by molar-refractivity contribution is 5.70. The fourth-order valence-electron chi connectivity index (χ4n) is 23.5. The number of carboxylic acid groups (broad SMARTS) is 2. The number of fused-ring (bicyclic) bond motifs is 10. The lowest BCUT2D eigenvalue weighted by atomic mass is 9.46. The summed E-state index contributed by atoms with van der Waals surface area (Å²) in [6.07, 6.45) is 74.6. The zero-order valence-electron chi connectivity index (χ0n) is 65.4. The average Bonchev–Trinajstić information content (AvgIpc) is 1.63. The molecule has 1 unspecified atom stereocenters. The van der Waals surface area contributed by atoms with E-state index >= 15 is 0 Å². The number of unbranched alkanes of at least 4 members (excludes halogenated alkanes) is 27. The van der Waals surface area contributed by atoms with Crippen LogP contribution in [0.1, 0.15) is 423 Å². The van der Waals surface area contributed by atoms with Gasteiger partial charge in [-0.2, -0.15) is 0 Å². The fourth-order valence-corrected chi connectivity index (χ4v) is 23.5. The molecule has 95 heavy (non-hydrogen) atoms. The second-order valence-electron chi connectivity index (χ2n) is 36.9. The smallest absolute Gasteiger partial charge is 0.306 e. The summed E-state index contributed by atoms with van der Waals surface area (Å²) in [4.78, 5) is 22.9. The lowest BCUT2D eigenvalue weighted by Crippen LogP contribution is -2.51. The normalized spacial score (nSPS) is 32.4. The third kappa shape index (κ3) is 24.5. The van der Waals surface area contributed by atoms with Crippen molar-refractivity contribution in [3.8, 4) is 0 Å². The van der Waals surface area contributed by atoms with E-state index in [4.69, 9.17) is 5.11 Å². The van der Waals surface area contributed by atoms with Crippen molar-refractivity contribution in [3.05, 3.63) is 23.3 Å². The number of carbonyl (C=O) groups is 2. The average molecular weight is 1320 g/mol. The second-order valence-corrected chi connectivity index (χ2v) is 36.9. The standard InChI is InChI=1S/C45H80O2.C27H46O.C18H36O2/c1-7-8-9-10-11-12-13-14-15-16-17-18-19-20-24-38(43(46)47)36-29-31-44(5)37(33-36)25-26-39-41-28-27-40(35(4)23-21-22-34(2)3)45(41,6)32-30-42(39)44;1-18(2)7-6-8-19(3)23-11-12-24-22-10-9-20-17-21(28)13-15-26(20,4)25(22)14-16-27(23,24)5;1-2-3-4-5-6-7-8-9-10-11-12-13-14-15-16-17-18(19)20/h25,34-36,38-42H,7-24,26-33H2,1-6H3,(H,46,47);9,18-19,21-25,28H,6-8,10-17H2,1-5H3;2-17H2,1H3,(H,19,20)/t35-,36+,38?,39+,40-,41+,42+,44+,45-;19-,21+,22+,23-,24+,25+,26+,27-;/m11./s1. The third-order valence-electron chi connectivity index (χ3n) is 29.4. The molecular weight excluding hydrogens is 1160 g/mol. The van der Waals surface area contributed by atoms with Crippen molar-refractivity contribution in [1.29, 1.82) is 0 Å². The van der Waals surface area contributed by atoms with Crippen LogP contribution in [-0.4, -0.2) is 33.4 Å². The van der Waals surface area contributed by atoms with Crippen LogP contribution in [0.3, 0.4) is 0 Å². The molecule has 8 rings (SSSR count). The molecule has 17 atom stereocenters. The summed E-state index contributed by atoms with van der Waals surface area (Å²) in [7, 11) is 0. The summed E-state index contributed by atoms with van der Waals surface area (Å²) in [6.45, 7) is 29.8. The van der Waals surface area contributed by atoms with Crippen molar-refractivity contribution in [2.45, 2.75) is 429 Å². The zero-order chi connectivity index (χ0) is 68.9. The van der Waals surface area contributed by atoms with Crippen LogP contribution >= 0.6 is 0 Å². The highest BCUT2D eigenvalue weighted by Gasteiger charge is 2.61. The van der Waals surface area contributed by atoms with Crippen LogP contribution in [0.4, 0.5) is 0 Å². The molecule has 0 spiro atoms. The first-order valence-electron chi connectivity index (χ1n) is 43.2. The molecule has 0 radical (unpaired) electrons. The number of aliphatic hydroxyl groups is 1. The molecule has 552 valence electrons. The number of hydrogen-bond acceptors (Lipinski definition) is 3. The lowest BCUT2D eigenvalue weighted by molar-refractivity contribution is -0.145. The van der Waals surface area contributed by atoms with E-state index in [-0.39, 0.29) is 12.0 Å². The SMILES string of the molecule is CC(C)CCC[C@@H](C)[C@H]1CC[C@H]2[C@@H]3CC=C4C[C@@H](O)CC[C@]4(C)[C@H]3CC[C@]12C.CCCCCCCCCCCCCCCCC(C(=O)O)[C@H]1CC[C@@]2(C)C(=CC[C@H]3[C@@H]4CC[C@H]([C@H](C)CCCC(C)C)[C@@]4(C)CC[C@@H]32)C1.CCCCCCCCCCCCCCCCCC(=O)O. The molecule has 0 aromatic carbocycles. The molecule has 0 bridgehead atoms. The van der Waals surface area contributed by atoms with Gasteiger partial charge in [-0.3, -0.25) is 9.59 Å². The van der Waals surface area contributed by atoms with Gasteiger partial charge in [0.05, 0.1) is 12.0 Å². The Hall–Kier alpha value is -1.62. The Morgan fingerprint density at radius 1 is 0.411 bits per heavy atom. The molecule has 8 aliphatic rings. The van der Waals surface area contributed by atoms with E-state index in [2.05, 4.69) is 95.2 Å². The number of rotatable bonds is 43. The molecule has 6 saturated carbocycles. The molecule has 5 nitrogen and oxygen atoms in total. The number of allylic oxidation sites excluding steroid dienone is 3. The summed E-state index contributed by atoms with van der Waals surface area (Å²) in [5, 5.41) is 29.1. The first-order chi connectivity index (χ1) is 45.6. The third-order valence-corrected chi connectivity index (χ3v) is 29.4. The monoisotopic (exact) mass is 1320 g/mol. The maximum absolute atomic E-state index is 12.6. The number of carboxylic acids is 2. The van der Waals surface area contributed by atoms with E-state index in [1.54, 1.807) is 11.1 Å². The lowest BCUT2D eigenvalue weighted by Gasteiger charge is -2.59. The van der Waals surface area contributed by atoms with Gasteiger partial charge < -0.3 is 15.3 Å². The molecule has 0 aromatic rings. The van der Waals surface area contributed by atoms with Crippen LogP contribution in [0.2, 0.25) is 0 Å². The minimum atomic E-state index is -0.653. The summed E-state index contributed by atoms with van der Waals surface area (Å²) < 4.78 is 0. The Bertz CT molecular complexity index is 2170. The fraction of sp³-hybridized carbons (Fsp3) is 0.933. The zero-order valence-corrected chi connectivity index (χ0v) is 65.4. The maximum atomic E-state index is 12.6. The van der Waals surface area contributed by atoms with Gasteiger partial charge >= 0.3 is 11.9 Å². The van der Waals surface area contributed by atoms with Crippen LogP contribution in [0.25, 0.3) is 0 Å². The highest BCUT2D eigenvalue weighted by atomic mass is 16.4. The Morgan fingerprint density at radius 3 is 1.16 bits per heavy atom. The van der Waals surface area contributed by atoms with Gasteiger partial charge in [-0.15, -0.1) is 0 Å². The molecule has 5 heteroatoms. The van der Waals surface area contributed by atoms with Crippen LogP contribution in [0.5, 0.6) is 0 Å². The quantitative estimate of drug-likeness (QED) is 0.0418. The van der Waals surface area contributed by atoms with Gasteiger partial charge in [-0.1, -0.05) is 325 Å². The van der Waals surface area contributed by atoms with E-state index in [1.165, 1.54) is 283 Å². The Kier molecular flexibility index (Phi) is 37.0. The van der Waals surface area contributed by atoms with E-state index in [0.717, 1.165) is 122 Å². The predicted molar refractivity (Wildman–Crippen MR) is 409 cm³/mol. The predicted octanol–water partition coefficient (Wildman–Crippen LogP) is 27.9. The summed E-state index contributed by atoms with van der Waals surface area (Å²) in [6, 6.07) is 0. The minimum absolute atomic E-state index is 0.0766. The summed E-state index contributed by atoms with van der Waals surface area (Å²) in [5.74, 6) is 9.70. The first-order valence-corrected chi connectivity index (χ1v) is 43.2. The van der Waals surface area contributed by atoms with Crippen molar-refractivity contribution in [1.82, 2.24) is 0 Å². The van der Waals surface area contributed by atoms with Gasteiger partial charge in [-0.05, 0) is 214 Å². The Morgan fingerprint density at radius 2 is 0.779 bits per heavy atom. The van der Waals surface area contributed by atoms with Crippen molar-refractivity contribution in [2.24, 2.45) is 105 Å². The van der Waals surface area contributed by atoms with Gasteiger partial charge in [-0.25, -0.2) is 0 Å². The largest absolute Gasteiger partial charge is 0.481 e. The molecule has 8 aliphatic carbocycles. The van der Waals surface area contributed by atoms with Gasteiger partial charge in [0.1, 0.15) is 0 Å². The molecule has 0 aliphatic heterocycles. The number of aliphatic hydroxyl groups excluding tert-OH is 1. The number of aliphatic carboxylic acids is 2. The molecule has 0 amide bonds. The second kappa shape index (κ2) is 42.7. The first kappa shape index (κ1) is 82.3. The van der Waals surface area contributed by atoms with Crippen molar-refractivity contribution in [3.63, 3.8) is 0 Å². The van der Waals surface area contributed by atoms with Gasteiger partial charge in [0.15, 0.2) is 0 Å². The Labute approximate surface area is 591 Å². The van der Waals surface area contributed by atoms with Crippen molar-refractivity contribution < 1.29 is 24.9 Å². The van der Waals surface area contributed by atoms with E-state index in [9.17, 15) is 19.8 Å². The number of hydrogen-bond donors (Lipinski definition) is 3. The molecule has 0 heterocycles. The van der Waals surface area contributed by atoms with E-state index in [0.29, 0.717) is 34.0 Å². The highest BCUT2D eigenvalue weighted by Crippen LogP contribution is 2.69. The van der Waals surface area contributed by atoms with Crippen molar-refractivity contribution in [2.75, 3.05) is 0 Å².